The largest absolute Gasteiger partial charge is 0.361 e. The highest BCUT2D eigenvalue weighted by atomic mass is 16.5. The van der Waals surface area contributed by atoms with E-state index in [4.69, 9.17) is 9.05 Å². The SMILES string of the molecule is Cc1noc(C)c1CCC(=O)N1CCCN(Cc2noc(C(C)C)n2)CC1. The number of amides is 1. The molecule has 0 spiro atoms. The van der Waals surface area contributed by atoms with E-state index in [0.29, 0.717) is 25.3 Å². The van der Waals surface area contributed by atoms with E-state index in [1.165, 1.54) is 0 Å². The summed E-state index contributed by atoms with van der Waals surface area (Å²) in [5, 5.41) is 8.03. The topological polar surface area (TPSA) is 88.5 Å². The second kappa shape index (κ2) is 8.65. The van der Waals surface area contributed by atoms with Crippen LogP contribution in [0, 0.1) is 13.8 Å². The molecule has 3 heterocycles. The van der Waals surface area contributed by atoms with Crippen molar-refractivity contribution < 1.29 is 13.8 Å². The molecule has 0 aliphatic carbocycles. The normalized spacial score (nSPS) is 16.1. The van der Waals surface area contributed by atoms with Crippen LogP contribution in [-0.2, 0) is 17.8 Å². The maximum Gasteiger partial charge on any atom is 0.229 e. The fourth-order valence-corrected chi connectivity index (χ4v) is 3.39. The van der Waals surface area contributed by atoms with Gasteiger partial charge < -0.3 is 13.9 Å². The van der Waals surface area contributed by atoms with Crippen LogP contribution < -0.4 is 0 Å². The van der Waals surface area contributed by atoms with E-state index in [1.807, 2.05) is 32.6 Å². The first kappa shape index (κ1) is 19.5. The van der Waals surface area contributed by atoms with Crippen LogP contribution in [0.15, 0.2) is 9.05 Å². The van der Waals surface area contributed by atoms with Crippen LogP contribution in [0.2, 0.25) is 0 Å². The summed E-state index contributed by atoms with van der Waals surface area (Å²) in [6, 6.07) is 0. The molecule has 1 aliphatic heterocycles. The van der Waals surface area contributed by atoms with E-state index in [-0.39, 0.29) is 11.8 Å². The summed E-state index contributed by atoms with van der Waals surface area (Å²) in [4.78, 5) is 21.3. The number of aryl methyl sites for hydroxylation is 2. The number of rotatable bonds is 6. The predicted octanol–water partition coefficient (Wildman–Crippen LogP) is 2.46. The van der Waals surface area contributed by atoms with Gasteiger partial charge in [0, 0.05) is 44.1 Å². The average molecular weight is 375 g/mol. The summed E-state index contributed by atoms with van der Waals surface area (Å²) < 4.78 is 10.5. The summed E-state index contributed by atoms with van der Waals surface area (Å²) in [6.07, 6.45) is 2.12. The van der Waals surface area contributed by atoms with Crippen LogP contribution in [0.3, 0.4) is 0 Å². The van der Waals surface area contributed by atoms with Crippen molar-refractivity contribution in [3.8, 4) is 0 Å². The molecule has 0 saturated carbocycles. The lowest BCUT2D eigenvalue weighted by atomic mass is 10.1. The van der Waals surface area contributed by atoms with Crippen molar-refractivity contribution in [1.82, 2.24) is 25.1 Å². The Morgan fingerprint density at radius 1 is 1.11 bits per heavy atom. The zero-order valence-corrected chi connectivity index (χ0v) is 16.7. The summed E-state index contributed by atoms with van der Waals surface area (Å²) in [6.45, 7) is 11.8. The lowest BCUT2D eigenvalue weighted by molar-refractivity contribution is -0.131. The molecule has 2 aromatic rings. The highest BCUT2D eigenvalue weighted by Crippen LogP contribution is 2.16. The fourth-order valence-electron chi connectivity index (χ4n) is 3.39. The molecule has 148 valence electrons. The van der Waals surface area contributed by atoms with Crippen LogP contribution in [0.1, 0.15) is 61.3 Å². The lowest BCUT2D eigenvalue weighted by Gasteiger charge is -2.21. The zero-order chi connectivity index (χ0) is 19.4. The Balaban J connectivity index is 1.49. The van der Waals surface area contributed by atoms with E-state index in [2.05, 4.69) is 20.2 Å². The Morgan fingerprint density at radius 2 is 1.93 bits per heavy atom. The Labute approximate surface area is 159 Å². The number of aromatic nitrogens is 3. The molecule has 1 saturated heterocycles. The van der Waals surface area contributed by atoms with Gasteiger partial charge in [0.25, 0.3) is 0 Å². The summed E-state index contributed by atoms with van der Waals surface area (Å²) in [5.41, 5.74) is 1.93. The van der Waals surface area contributed by atoms with E-state index < -0.39 is 0 Å². The van der Waals surface area contributed by atoms with E-state index in [9.17, 15) is 4.79 Å². The number of hydrogen-bond donors (Lipinski definition) is 0. The van der Waals surface area contributed by atoms with E-state index in [0.717, 1.165) is 55.4 Å². The summed E-state index contributed by atoms with van der Waals surface area (Å²) >= 11 is 0. The van der Waals surface area contributed by atoms with Crippen LogP contribution in [0.25, 0.3) is 0 Å². The zero-order valence-electron chi connectivity index (χ0n) is 16.7. The van der Waals surface area contributed by atoms with E-state index in [1.54, 1.807) is 0 Å². The third-order valence-corrected chi connectivity index (χ3v) is 5.05. The van der Waals surface area contributed by atoms with Gasteiger partial charge in [-0.2, -0.15) is 4.98 Å². The number of nitrogens with zero attached hydrogens (tertiary/aromatic N) is 5. The number of carbonyl (C=O) groups is 1. The van der Waals surface area contributed by atoms with Crippen molar-refractivity contribution in [1.29, 1.82) is 0 Å². The molecule has 1 amide bonds. The van der Waals surface area contributed by atoms with E-state index >= 15 is 0 Å². The molecule has 2 aromatic heterocycles. The summed E-state index contributed by atoms with van der Waals surface area (Å²) in [7, 11) is 0. The minimum atomic E-state index is 0.193. The van der Waals surface area contributed by atoms with Crippen molar-refractivity contribution in [2.45, 2.75) is 59.4 Å². The van der Waals surface area contributed by atoms with Crippen LogP contribution >= 0.6 is 0 Å². The molecule has 0 bridgehead atoms. The Morgan fingerprint density at radius 3 is 2.59 bits per heavy atom. The minimum absolute atomic E-state index is 0.193. The van der Waals surface area contributed by atoms with Crippen molar-refractivity contribution in [3.05, 3.63) is 28.7 Å². The maximum absolute atomic E-state index is 12.6. The molecule has 1 aliphatic rings. The molecule has 0 aromatic carbocycles. The minimum Gasteiger partial charge on any atom is -0.361 e. The second-order valence-corrected chi connectivity index (χ2v) is 7.52. The number of carbonyl (C=O) groups excluding carboxylic acids is 1. The Bertz CT molecular complexity index is 748. The van der Waals surface area contributed by atoms with Gasteiger partial charge in [0.2, 0.25) is 11.8 Å². The van der Waals surface area contributed by atoms with Gasteiger partial charge in [-0.15, -0.1) is 0 Å². The van der Waals surface area contributed by atoms with Crippen LogP contribution in [-0.4, -0.2) is 57.2 Å². The molecule has 27 heavy (non-hydrogen) atoms. The van der Waals surface area contributed by atoms with Gasteiger partial charge in [0.15, 0.2) is 5.82 Å². The second-order valence-electron chi connectivity index (χ2n) is 7.52. The fraction of sp³-hybridized carbons (Fsp3) is 0.684. The monoisotopic (exact) mass is 375 g/mol. The van der Waals surface area contributed by atoms with Crippen molar-refractivity contribution in [2.75, 3.05) is 26.2 Å². The molecule has 0 radical (unpaired) electrons. The van der Waals surface area contributed by atoms with Crippen LogP contribution in [0.4, 0.5) is 0 Å². The quantitative estimate of drug-likeness (QED) is 0.766. The lowest BCUT2D eigenvalue weighted by Crippen LogP contribution is -2.35. The molecule has 0 atom stereocenters. The van der Waals surface area contributed by atoms with Crippen molar-refractivity contribution >= 4 is 5.91 Å². The standard InChI is InChI=1S/C19H29N5O3/c1-13(2)19-20-17(22-27-19)12-23-8-5-9-24(11-10-23)18(25)7-6-16-14(3)21-26-15(16)4/h13H,5-12H2,1-4H3. The first-order chi connectivity index (χ1) is 12.9. The highest BCUT2D eigenvalue weighted by molar-refractivity contribution is 5.76. The van der Waals surface area contributed by atoms with Gasteiger partial charge in [-0.1, -0.05) is 24.2 Å². The first-order valence-corrected chi connectivity index (χ1v) is 9.68. The molecule has 3 rings (SSSR count). The maximum atomic E-state index is 12.6. The van der Waals surface area contributed by atoms with Gasteiger partial charge in [0.1, 0.15) is 5.76 Å². The molecule has 0 N–H and O–H groups in total. The van der Waals surface area contributed by atoms with Gasteiger partial charge in [-0.3, -0.25) is 9.69 Å². The number of hydrogen-bond acceptors (Lipinski definition) is 7. The Kier molecular flexibility index (Phi) is 6.26. The molecule has 8 nitrogen and oxygen atoms in total. The third kappa shape index (κ3) is 4.94. The average Bonchev–Trinajstić information content (AvgIpc) is 3.14. The van der Waals surface area contributed by atoms with Gasteiger partial charge >= 0.3 is 0 Å². The highest BCUT2D eigenvalue weighted by Gasteiger charge is 2.21. The molecular formula is C19H29N5O3. The van der Waals surface area contributed by atoms with Crippen molar-refractivity contribution in [2.24, 2.45) is 0 Å². The predicted molar refractivity (Wildman–Crippen MR) is 99.2 cm³/mol. The van der Waals surface area contributed by atoms with Gasteiger partial charge in [-0.05, 0) is 26.7 Å². The molecule has 0 unspecified atom stereocenters. The van der Waals surface area contributed by atoms with Crippen molar-refractivity contribution in [3.63, 3.8) is 0 Å². The van der Waals surface area contributed by atoms with Gasteiger partial charge in [-0.25, -0.2) is 0 Å². The molecule has 8 heteroatoms. The third-order valence-electron chi connectivity index (χ3n) is 5.05. The molecular weight excluding hydrogens is 346 g/mol. The molecule has 1 fully saturated rings. The summed E-state index contributed by atoms with van der Waals surface area (Å²) in [5.74, 6) is 2.63. The Hall–Kier alpha value is -2.22. The first-order valence-electron chi connectivity index (χ1n) is 9.68. The van der Waals surface area contributed by atoms with Crippen LogP contribution in [0.5, 0.6) is 0 Å². The van der Waals surface area contributed by atoms with Gasteiger partial charge in [0.05, 0.1) is 12.2 Å². The smallest absolute Gasteiger partial charge is 0.229 e.